The predicted molar refractivity (Wildman–Crippen MR) is 101 cm³/mol. The molecule has 2 heterocycles. The molecular formula is C18H24FN5O2S. The maximum atomic E-state index is 12.9. The number of thioether (sulfide) groups is 1. The van der Waals surface area contributed by atoms with E-state index in [0.29, 0.717) is 16.7 Å². The second-order valence-corrected chi connectivity index (χ2v) is 7.82. The van der Waals surface area contributed by atoms with Crippen LogP contribution in [0.5, 0.6) is 5.75 Å². The molecule has 9 heteroatoms. The number of rotatable bonds is 6. The molecule has 1 fully saturated rings. The van der Waals surface area contributed by atoms with Gasteiger partial charge in [0.1, 0.15) is 18.2 Å². The summed E-state index contributed by atoms with van der Waals surface area (Å²) in [4.78, 5) is 14.6. The Morgan fingerprint density at radius 1 is 1.22 bits per heavy atom. The van der Waals surface area contributed by atoms with Crippen LogP contribution in [0.1, 0.15) is 38.4 Å². The fourth-order valence-electron chi connectivity index (χ4n) is 2.92. The van der Waals surface area contributed by atoms with E-state index in [4.69, 9.17) is 10.6 Å². The molecule has 0 aliphatic carbocycles. The average Bonchev–Trinajstić information content (AvgIpc) is 2.88. The lowest BCUT2D eigenvalue weighted by Crippen LogP contribution is -2.37. The van der Waals surface area contributed by atoms with Crippen LogP contribution in [0.2, 0.25) is 0 Å². The molecule has 0 bridgehead atoms. The first kappa shape index (κ1) is 19.5. The number of halogens is 1. The first-order valence-electron chi connectivity index (χ1n) is 9.08. The largest absolute Gasteiger partial charge is 0.486 e. The Morgan fingerprint density at radius 2 is 1.89 bits per heavy atom. The van der Waals surface area contributed by atoms with Gasteiger partial charge in [-0.15, -0.1) is 10.2 Å². The monoisotopic (exact) mass is 393 g/mol. The van der Waals surface area contributed by atoms with Gasteiger partial charge in [-0.2, -0.15) is 0 Å². The summed E-state index contributed by atoms with van der Waals surface area (Å²) in [5, 5.41) is 8.27. The maximum absolute atomic E-state index is 12.9. The SMILES string of the molecule is CC(Sc1nnc(COc2ccc(F)cc2)n1N)C(=O)N1CCCCCC1. The molecule has 0 spiro atoms. The van der Waals surface area contributed by atoms with Crippen LogP contribution in [0.15, 0.2) is 29.4 Å². The van der Waals surface area contributed by atoms with Crippen molar-refractivity contribution in [1.29, 1.82) is 0 Å². The molecule has 1 atom stereocenters. The Hall–Kier alpha value is -2.29. The number of hydrogen-bond donors (Lipinski definition) is 1. The number of nitrogen functional groups attached to an aromatic ring is 1. The average molecular weight is 393 g/mol. The minimum absolute atomic E-state index is 0.101. The summed E-state index contributed by atoms with van der Waals surface area (Å²) in [6.07, 6.45) is 4.47. The van der Waals surface area contributed by atoms with Crippen LogP contribution in [0.3, 0.4) is 0 Å². The predicted octanol–water partition coefficient (Wildman–Crippen LogP) is 2.59. The highest BCUT2D eigenvalue weighted by atomic mass is 32.2. The van der Waals surface area contributed by atoms with Gasteiger partial charge in [0, 0.05) is 13.1 Å². The summed E-state index contributed by atoms with van der Waals surface area (Å²) < 4.78 is 19.8. The highest BCUT2D eigenvalue weighted by molar-refractivity contribution is 8.00. The Morgan fingerprint density at radius 3 is 2.56 bits per heavy atom. The third-order valence-electron chi connectivity index (χ3n) is 4.46. The lowest BCUT2D eigenvalue weighted by molar-refractivity contribution is -0.130. The second-order valence-electron chi connectivity index (χ2n) is 6.51. The molecule has 1 saturated heterocycles. The maximum Gasteiger partial charge on any atom is 0.235 e. The number of aromatic nitrogens is 3. The summed E-state index contributed by atoms with van der Waals surface area (Å²) in [7, 11) is 0. The van der Waals surface area contributed by atoms with Crippen molar-refractivity contribution in [2.75, 3.05) is 18.9 Å². The van der Waals surface area contributed by atoms with Gasteiger partial charge in [0.05, 0.1) is 5.25 Å². The third-order valence-corrected chi connectivity index (χ3v) is 5.51. The molecule has 0 saturated carbocycles. The molecule has 0 radical (unpaired) electrons. The molecule has 1 aliphatic rings. The van der Waals surface area contributed by atoms with Crippen molar-refractivity contribution in [1.82, 2.24) is 19.8 Å². The molecule has 2 aromatic rings. The van der Waals surface area contributed by atoms with Crippen LogP contribution in [0.25, 0.3) is 0 Å². The van der Waals surface area contributed by atoms with Crippen LogP contribution >= 0.6 is 11.8 Å². The van der Waals surface area contributed by atoms with Gasteiger partial charge in [0.15, 0.2) is 5.82 Å². The van der Waals surface area contributed by atoms with E-state index >= 15 is 0 Å². The third kappa shape index (κ3) is 5.12. The Labute approximate surface area is 162 Å². The van der Waals surface area contributed by atoms with Crippen molar-refractivity contribution in [2.24, 2.45) is 0 Å². The zero-order valence-electron chi connectivity index (χ0n) is 15.3. The van der Waals surface area contributed by atoms with E-state index in [9.17, 15) is 9.18 Å². The van der Waals surface area contributed by atoms with E-state index in [2.05, 4.69) is 10.2 Å². The highest BCUT2D eigenvalue weighted by Crippen LogP contribution is 2.24. The topological polar surface area (TPSA) is 86.3 Å². The van der Waals surface area contributed by atoms with Crippen LogP contribution in [-0.4, -0.2) is 44.0 Å². The normalized spacial score (nSPS) is 16.0. The number of carbonyl (C=O) groups is 1. The van der Waals surface area contributed by atoms with Crippen LogP contribution < -0.4 is 10.6 Å². The van der Waals surface area contributed by atoms with E-state index in [0.717, 1.165) is 25.9 Å². The van der Waals surface area contributed by atoms with Gasteiger partial charge in [-0.3, -0.25) is 4.79 Å². The molecule has 1 unspecified atom stereocenters. The lowest BCUT2D eigenvalue weighted by atomic mass is 10.2. The molecule has 27 heavy (non-hydrogen) atoms. The standard InChI is InChI=1S/C18H24FN5O2S/c1-13(17(25)23-10-4-2-3-5-11-23)27-18-22-21-16(24(18)20)12-26-15-8-6-14(19)7-9-15/h6-9,13H,2-5,10-12,20H2,1H3. The Bertz CT molecular complexity index is 760. The van der Waals surface area contributed by atoms with Crippen LogP contribution in [0, 0.1) is 5.82 Å². The number of carbonyl (C=O) groups excluding carboxylic acids is 1. The smallest absolute Gasteiger partial charge is 0.235 e. The zero-order valence-corrected chi connectivity index (χ0v) is 16.1. The minimum Gasteiger partial charge on any atom is -0.486 e. The fourth-order valence-corrected chi connectivity index (χ4v) is 3.79. The van der Waals surface area contributed by atoms with E-state index in [1.807, 2.05) is 11.8 Å². The summed E-state index contributed by atoms with van der Waals surface area (Å²) in [5.74, 6) is 6.77. The molecule has 7 nitrogen and oxygen atoms in total. The molecule has 3 rings (SSSR count). The number of hydrogen-bond acceptors (Lipinski definition) is 6. The van der Waals surface area contributed by atoms with Gasteiger partial charge in [-0.1, -0.05) is 24.6 Å². The molecule has 146 valence electrons. The lowest BCUT2D eigenvalue weighted by Gasteiger charge is -2.23. The second kappa shape index (κ2) is 9.07. The number of amides is 1. The summed E-state index contributed by atoms with van der Waals surface area (Å²) >= 11 is 1.29. The van der Waals surface area contributed by atoms with Gasteiger partial charge in [0.2, 0.25) is 11.1 Å². The number of likely N-dealkylation sites (tertiary alicyclic amines) is 1. The molecule has 1 aliphatic heterocycles. The quantitative estimate of drug-likeness (QED) is 0.600. The van der Waals surface area contributed by atoms with E-state index < -0.39 is 0 Å². The minimum atomic E-state index is -0.328. The summed E-state index contributed by atoms with van der Waals surface area (Å²) in [6, 6.07) is 5.70. The Balaban J connectivity index is 1.57. The number of nitrogens with two attached hydrogens (primary N) is 1. The van der Waals surface area contributed by atoms with Crippen molar-refractivity contribution in [3.63, 3.8) is 0 Å². The molecule has 2 N–H and O–H groups in total. The first-order chi connectivity index (χ1) is 13.0. The van der Waals surface area contributed by atoms with Gasteiger partial charge in [0.25, 0.3) is 0 Å². The van der Waals surface area contributed by atoms with Crippen molar-refractivity contribution < 1.29 is 13.9 Å². The van der Waals surface area contributed by atoms with Crippen molar-refractivity contribution >= 4 is 17.7 Å². The van der Waals surface area contributed by atoms with Crippen LogP contribution in [0.4, 0.5) is 4.39 Å². The molecule has 1 aromatic carbocycles. The van der Waals surface area contributed by atoms with Crippen LogP contribution in [-0.2, 0) is 11.4 Å². The molecule has 1 amide bonds. The van der Waals surface area contributed by atoms with E-state index in [1.165, 1.54) is 53.5 Å². The highest BCUT2D eigenvalue weighted by Gasteiger charge is 2.24. The van der Waals surface area contributed by atoms with Gasteiger partial charge in [-0.05, 0) is 44.0 Å². The summed E-state index contributed by atoms with van der Waals surface area (Å²) in [5.41, 5.74) is 0. The molecular weight excluding hydrogens is 369 g/mol. The van der Waals surface area contributed by atoms with Gasteiger partial charge in [-0.25, -0.2) is 9.07 Å². The van der Waals surface area contributed by atoms with E-state index in [1.54, 1.807) is 0 Å². The van der Waals surface area contributed by atoms with Gasteiger partial charge < -0.3 is 15.5 Å². The number of ether oxygens (including phenoxy) is 1. The van der Waals surface area contributed by atoms with Crippen molar-refractivity contribution in [3.8, 4) is 5.75 Å². The summed E-state index contributed by atoms with van der Waals surface area (Å²) in [6.45, 7) is 3.59. The fraction of sp³-hybridized carbons (Fsp3) is 0.500. The van der Waals surface area contributed by atoms with Gasteiger partial charge >= 0.3 is 0 Å². The first-order valence-corrected chi connectivity index (χ1v) is 9.96. The number of benzene rings is 1. The zero-order chi connectivity index (χ0) is 19.2. The number of nitrogens with zero attached hydrogens (tertiary/aromatic N) is 4. The Kier molecular flexibility index (Phi) is 6.54. The van der Waals surface area contributed by atoms with Crippen molar-refractivity contribution in [3.05, 3.63) is 35.9 Å². The van der Waals surface area contributed by atoms with E-state index in [-0.39, 0.29) is 23.6 Å². The van der Waals surface area contributed by atoms with Crippen molar-refractivity contribution in [2.45, 2.75) is 49.6 Å². The molecule has 1 aromatic heterocycles.